The van der Waals surface area contributed by atoms with Gasteiger partial charge in [-0.05, 0) is 53.9 Å². The summed E-state index contributed by atoms with van der Waals surface area (Å²) in [6, 6.07) is 22.1. The van der Waals surface area contributed by atoms with Crippen molar-refractivity contribution in [2.75, 3.05) is 25.5 Å². The first-order valence-electron chi connectivity index (χ1n) is 10.5. The summed E-state index contributed by atoms with van der Waals surface area (Å²) in [5, 5.41) is 1.19. The molecule has 0 unspecified atom stereocenters. The molecule has 0 spiro atoms. The minimum Gasteiger partial charge on any atom is -0.378 e. The summed E-state index contributed by atoms with van der Waals surface area (Å²) in [4.78, 5) is 21.1. The highest BCUT2D eigenvalue weighted by atomic mass is 19.1. The van der Waals surface area contributed by atoms with Crippen LogP contribution in [-0.2, 0) is 6.42 Å². The molecule has 1 amide bonds. The Morgan fingerprint density at radius 2 is 1.81 bits per heavy atom. The Morgan fingerprint density at radius 1 is 1.03 bits per heavy atom. The van der Waals surface area contributed by atoms with Crippen LogP contribution in [0.4, 0.5) is 10.1 Å². The van der Waals surface area contributed by atoms with E-state index in [0.717, 1.165) is 28.9 Å². The third-order valence-electron chi connectivity index (χ3n) is 6.09. The first-order chi connectivity index (χ1) is 15.0. The van der Waals surface area contributed by atoms with E-state index in [9.17, 15) is 9.18 Å². The number of amides is 1. The minimum atomic E-state index is -0.299. The number of carbonyl (C=O) groups excluding carboxylic acids is 1. The van der Waals surface area contributed by atoms with Gasteiger partial charge in [0, 0.05) is 48.5 Å². The van der Waals surface area contributed by atoms with E-state index in [1.165, 1.54) is 23.1 Å². The molecule has 0 aliphatic carbocycles. The fourth-order valence-corrected chi connectivity index (χ4v) is 4.53. The summed E-state index contributed by atoms with van der Waals surface area (Å²) < 4.78 is 13.7. The average molecular weight is 413 g/mol. The van der Waals surface area contributed by atoms with Gasteiger partial charge in [0.15, 0.2) is 0 Å². The smallest absolute Gasteiger partial charge is 0.254 e. The topological polar surface area (TPSA) is 39.3 Å². The van der Waals surface area contributed by atoms with Crippen LogP contribution in [0.3, 0.4) is 0 Å². The van der Waals surface area contributed by atoms with E-state index < -0.39 is 0 Å². The van der Waals surface area contributed by atoms with Gasteiger partial charge in [0.1, 0.15) is 5.82 Å². The van der Waals surface area contributed by atoms with E-state index in [1.54, 1.807) is 12.1 Å². The van der Waals surface area contributed by atoms with Gasteiger partial charge in [0.2, 0.25) is 0 Å². The third-order valence-corrected chi connectivity index (χ3v) is 6.09. The predicted molar refractivity (Wildman–Crippen MR) is 122 cm³/mol. The van der Waals surface area contributed by atoms with Gasteiger partial charge < -0.3 is 14.8 Å². The van der Waals surface area contributed by atoms with Gasteiger partial charge in [0.05, 0.1) is 6.04 Å². The minimum absolute atomic E-state index is 0.0256. The van der Waals surface area contributed by atoms with Gasteiger partial charge in [-0.2, -0.15) is 0 Å². The normalized spacial score (nSPS) is 15.7. The molecule has 1 aliphatic rings. The number of hydrogen-bond donors (Lipinski definition) is 1. The fraction of sp³-hybridized carbons (Fsp3) is 0.192. The quantitative estimate of drug-likeness (QED) is 0.504. The number of benzene rings is 3. The molecule has 5 rings (SSSR count). The summed E-state index contributed by atoms with van der Waals surface area (Å²) in [7, 11) is 3.92. The van der Waals surface area contributed by atoms with Crippen molar-refractivity contribution in [2.24, 2.45) is 0 Å². The van der Waals surface area contributed by atoms with Crippen LogP contribution >= 0.6 is 0 Å². The van der Waals surface area contributed by atoms with Crippen LogP contribution in [0.1, 0.15) is 33.2 Å². The lowest BCUT2D eigenvalue weighted by Gasteiger charge is -2.36. The highest BCUT2D eigenvalue weighted by Crippen LogP contribution is 2.39. The standard InChI is InChI=1S/C26H24FN3O/c1-29(2)20-7-5-6-18(16-20)26(31)30-15-14-22-21-8-3-4-9-23(21)28-24(22)25(30)17-10-12-19(27)13-11-17/h3-13,16,25,28H,14-15H2,1-2H3/t25-/m1/s1. The molecule has 156 valence electrons. The molecule has 5 heteroatoms. The number of rotatable bonds is 3. The Balaban J connectivity index is 1.63. The Morgan fingerprint density at radius 3 is 2.58 bits per heavy atom. The molecule has 1 aliphatic heterocycles. The average Bonchev–Trinajstić information content (AvgIpc) is 3.17. The molecule has 4 aromatic rings. The second kappa shape index (κ2) is 7.58. The molecule has 0 fully saturated rings. The maximum absolute atomic E-state index is 13.7. The zero-order valence-electron chi connectivity index (χ0n) is 17.6. The summed E-state index contributed by atoms with van der Waals surface area (Å²) in [5.41, 5.74) is 5.83. The number of nitrogens with zero attached hydrogens (tertiary/aromatic N) is 2. The molecule has 31 heavy (non-hydrogen) atoms. The molecule has 0 saturated heterocycles. The van der Waals surface area contributed by atoms with Crippen LogP contribution in [0, 0.1) is 5.82 Å². The van der Waals surface area contributed by atoms with E-state index in [0.29, 0.717) is 12.1 Å². The molecule has 3 aromatic carbocycles. The van der Waals surface area contributed by atoms with Gasteiger partial charge in [-0.25, -0.2) is 4.39 Å². The van der Waals surface area contributed by atoms with Gasteiger partial charge >= 0.3 is 0 Å². The van der Waals surface area contributed by atoms with Crippen LogP contribution in [-0.4, -0.2) is 36.4 Å². The SMILES string of the molecule is CN(C)c1cccc(C(=O)N2CCc3c([nH]c4ccccc34)[C@H]2c2ccc(F)cc2)c1. The lowest BCUT2D eigenvalue weighted by molar-refractivity contribution is 0.0692. The maximum atomic E-state index is 13.7. The van der Waals surface area contributed by atoms with Crippen molar-refractivity contribution in [3.63, 3.8) is 0 Å². The Bertz CT molecular complexity index is 1260. The maximum Gasteiger partial charge on any atom is 0.254 e. The molecule has 1 N–H and O–H groups in total. The van der Waals surface area contributed by atoms with Crippen LogP contribution in [0.2, 0.25) is 0 Å². The van der Waals surface area contributed by atoms with E-state index in [1.807, 2.05) is 60.3 Å². The number of fused-ring (bicyclic) bond motifs is 3. The summed E-state index contributed by atoms with van der Waals surface area (Å²) in [6.07, 6.45) is 0.774. The van der Waals surface area contributed by atoms with Crippen molar-refractivity contribution in [3.8, 4) is 0 Å². The van der Waals surface area contributed by atoms with Gasteiger partial charge in [0.25, 0.3) is 5.91 Å². The Labute approximate surface area is 180 Å². The number of anilines is 1. The predicted octanol–water partition coefficient (Wildman–Crippen LogP) is 5.16. The second-order valence-electron chi connectivity index (χ2n) is 8.21. The number of nitrogens with one attached hydrogen (secondary N) is 1. The summed E-state index contributed by atoms with van der Waals surface area (Å²) in [5.74, 6) is -0.310. The van der Waals surface area contributed by atoms with Crippen molar-refractivity contribution in [3.05, 3.63) is 101 Å². The van der Waals surface area contributed by atoms with Gasteiger partial charge in [-0.3, -0.25) is 4.79 Å². The first kappa shape index (κ1) is 19.4. The molecule has 0 saturated carbocycles. The van der Waals surface area contributed by atoms with Crippen molar-refractivity contribution < 1.29 is 9.18 Å². The van der Waals surface area contributed by atoms with Gasteiger partial charge in [-0.15, -0.1) is 0 Å². The third kappa shape index (κ3) is 3.36. The Hall–Kier alpha value is -3.60. The van der Waals surface area contributed by atoms with E-state index in [-0.39, 0.29) is 17.8 Å². The molecule has 1 atom stereocenters. The number of carbonyl (C=O) groups is 1. The van der Waals surface area contributed by atoms with E-state index in [4.69, 9.17) is 0 Å². The summed E-state index contributed by atoms with van der Waals surface area (Å²) in [6.45, 7) is 0.599. The number of H-pyrrole nitrogens is 1. The van der Waals surface area contributed by atoms with Crippen molar-refractivity contribution in [2.45, 2.75) is 12.5 Å². The second-order valence-corrected chi connectivity index (χ2v) is 8.21. The van der Waals surface area contributed by atoms with Crippen LogP contribution in [0.5, 0.6) is 0 Å². The lowest BCUT2D eigenvalue weighted by atomic mass is 9.91. The van der Waals surface area contributed by atoms with Crippen molar-refractivity contribution in [1.82, 2.24) is 9.88 Å². The highest BCUT2D eigenvalue weighted by Gasteiger charge is 2.35. The van der Waals surface area contributed by atoms with Crippen molar-refractivity contribution in [1.29, 1.82) is 0 Å². The molecule has 0 bridgehead atoms. The number of aromatic amines is 1. The zero-order valence-corrected chi connectivity index (χ0v) is 17.6. The monoisotopic (exact) mass is 413 g/mol. The molecule has 1 aromatic heterocycles. The van der Waals surface area contributed by atoms with E-state index in [2.05, 4.69) is 17.1 Å². The van der Waals surface area contributed by atoms with Crippen molar-refractivity contribution >= 4 is 22.5 Å². The number of aromatic nitrogens is 1. The number of para-hydroxylation sites is 1. The first-order valence-corrected chi connectivity index (χ1v) is 10.5. The fourth-order valence-electron chi connectivity index (χ4n) is 4.53. The molecule has 4 nitrogen and oxygen atoms in total. The largest absolute Gasteiger partial charge is 0.378 e. The van der Waals surface area contributed by atoms with Crippen LogP contribution in [0.15, 0.2) is 72.8 Å². The van der Waals surface area contributed by atoms with Crippen LogP contribution < -0.4 is 4.90 Å². The molecular weight excluding hydrogens is 389 g/mol. The Kier molecular flexibility index (Phi) is 4.74. The molecular formula is C26H24FN3O. The lowest BCUT2D eigenvalue weighted by Crippen LogP contribution is -2.40. The highest BCUT2D eigenvalue weighted by molar-refractivity contribution is 5.96. The summed E-state index contributed by atoms with van der Waals surface area (Å²) >= 11 is 0. The number of halogens is 1. The molecule has 0 radical (unpaired) electrons. The zero-order chi connectivity index (χ0) is 21.5. The molecule has 2 heterocycles. The van der Waals surface area contributed by atoms with E-state index >= 15 is 0 Å². The van der Waals surface area contributed by atoms with Gasteiger partial charge in [-0.1, -0.05) is 36.4 Å². The van der Waals surface area contributed by atoms with Crippen LogP contribution in [0.25, 0.3) is 10.9 Å². The number of hydrogen-bond acceptors (Lipinski definition) is 2.